The third-order valence-electron chi connectivity index (χ3n) is 3.32. The summed E-state index contributed by atoms with van der Waals surface area (Å²) in [5, 5.41) is 2.31. The molecule has 2 aliphatic rings. The predicted octanol–water partition coefficient (Wildman–Crippen LogP) is 0.853. The summed E-state index contributed by atoms with van der Waals surface area (Å²) in [5.41, 5.74) is 2.61. The average molecular weight is 232 g/mol. The van der Waals surface area contributed by atoms with Crippen LogP contribution in [0, 0.1) is 0 Å². The number of hydrogen-bond acceptors (Lipinski definition) is 4. The normalized spacial score (nSPS) is 17.5. The lowest BCUT2D eigenvalue weighted by molar-refractivity contribution is 0.0878. The van der Waals surface area contributed by atoms with Crippen LogP contribution in [-0.2, 0) is 12.8 Å². The fraction of sp³-hybridized carbons (Fsp3) is 0.417. The molecule has 0 aromatic carbocycles. The van der Waals surface area contributed by atoms with E-state index in [0.29, 0.717) is 11.1 Å². The molecule has 0 radical (unpaired) electrons. The molecule has 1 N–H and O–H groups in total. The molecule has 1 aromatic rings. The monoisotopic (exact) mass is 232 g/mol. The third-order valence-corrected chi connectivity index (χ3v) is 3.32. The highest BCUT2D eigenvalue weighted by Crippen LogP contribution is 2.33. The van der Waals surface area contributed by atoms with E-state index >= 15 is 0 Å². The predicted molar refractivity (Wildman–Crippen MR) is 59.2 cm³/mol. The number of nitrogens with one attached hydrogen (secondary N) is 1. The van der Waals surface area contributed by atoms with Gasteiger partial charge in [-0.1, -0.05) is 0 Å². The topological polar surface area (TPSA) is 68.3 Å². The number of amides is 2. The van der Waals surface area contributed by atoms with Gasteiger partial charge in [0.2, 0.25) is 5.88 Å². The fourth-order valence-corrected chi connectivity index (χ4v) is 2.56. The molecule has 0 saturated heterocycles. The molecule has 0 fully saturated rings. The van der Waals surface area contributed by atoms with Gasteiger partial charge in [0.1, 0.15) is 5.56 Å². The zero-order valence-electron chi connectivity index (χ0n) is 9.50. The van der Waals surface area contributed by atoms with E-state index < -0.39 is 5.91 Å². The fourth-order valence-electron chi connectivity index (χ4n) is 2.56. The van der Waals surface area contributed by atoms with Crippen LogP contribution in [0.1, 0.15) is 44.8 Å². The van der Waals surface area contributed by atoms with Crippen LogP contribution in [0.3, 0.4) is 0 Å². The Labute approximate surface area is 98.2 Å². The van der Waals surface area contributed by atoms with Crippen LogP contribution >= 0.6 is 0 Å². The van der Waals surface area contributed by atoms with Crippen LogP contribution in [0.5, 0.6) is 5.88 Å². The number of imide groups is 1. The van der Waals surface area contributed by atoms with E-state index in [9.17, 15) is 9.59 Å². The minimum Gasteiger partial charge on any atom is -0.480 e. The van der Waals surface area contributed by atoms with Crippen LogP contribution in [0.25, 0.3) is 0 Å². The van der Waals surface area contributed by atoms with Crippen molar-refractivity contribution in [1.29, 1.82) is 0 Å². The van der Waals surface area contributed by atoms with E-state index in [-0.39, 0.29) is 11.8 Å². The highest BCUT2D eigenvalue weighted by atomic mass is 16.5. The Kier molecular flexibility index (Phi) is 2.14. The summed E-state index contributed by atoms with van der Waals surface area (Å²) in [4.78, 5) is 27.8. The van der Waals surface area contributed by atoms with E-state index in [0.717, 1.165) is 36.9 Å². The molecule has 1 aliphatic carbocycles. The molecule has 5 heteroatoms. The van der Waals surface area contributed by atoms with Gasteiger partial charge in [0.15, 0.2) is 0 Å². The van der Waals surface area contributed by atoms with Gasteiger partial charge in [-0.25, -0.2) is 4.98 Å². The maximum Gasteiger partial charge on any atom is 0.264 e. The second kappa shape index (κ2) is 3.55. The van der Waals surface area contributed by atoms with Gasteiger partial charge in [-0.2, -0.15) is 0 Å². The van der Waals surface area contributed by atoms with Gasteiger partial charge >= 0.3 is 0 Å². The van der Waals surface area contributed by atoms with E-state index in [1.807, 2.05) is 0 Å². The first-order valence-electron chi connectivity index (χ1n) is 5.67. The average Bonchev–Trinajstić information content (AvgIpc) is 2.65. The Morgan fingerprint density at radius 1 is 1.12 bits per heavy atom. The number of carbonyl (C=O) groups is 2. The Bertz CT molecular complexity index is 537. The summed E-state index contributed by atoms with van der Waals surface area (Å²) < 4.78 is 5.12. The molecule has 88 valence electrons. The number of methoxy groups -OCH3 is 1. The van der Waals surface area contributed by atoms with E-state index in [1.165, 1.54) is 7.11 Å². The molecule has 2 heterocycles. The van der Waals surface area contributed by atoms with Crippen molar-refractivity contribution in [1.82, 2.24) is 10.3 Å². The van der Waals surface area contributed by atoms with Gasteiger partial charge in [-0.3, -0.25) is 14.9 Å². The molecule has 0 unspecified atom stereocenters. The first kappa shape index (κ1) is 10.3. The molecular formula is C12H12N2O3. The molecule has 17 heavy (non-hydrogen) atoms. The van der Waals surface area contributed by atoms with E-state index in [2.05, 4.69) is 10.3 Å². The second-order valence-corrected chi connectivity index (χ2v) is 4.29. The Balaban J connectivity index is 2.31. The quantitative estimate of drug-likeness (QED) is 0.729. The molecule has 1 aromatic heterocycles. The van der Waals surface area contributed by atoms with Gasteiger partial charge in [-0.05, 0) is 31.2 Å². The summed E-state index contributed by atoms with van der Waals surface area (Å²) in [5.74, 6) is -0.449. The van der Waals surface area contributed by atoms with Crippen LogP contribution in [0.4, 0.5) is 0 Å². The van der Waals surface area contributed by atoms with Gasteiger partial charge in [0.25, 0.3) is 11.8 Å². The van der Waals surface area contributed by atoms with Crippen LogP contribution < -0.4 is 10.1 Å². The van der Waals surface area contributed by atoms with Crippen molar-refractivity contribution < 1.29 is 14.3 Å². The van der Waals surface area contributed by atoms with Crippen molar-refractivity contribution in [3.8, 4) is 5.88 Å². The van der Waals surface area contributed by atoms with Crippen molar-refractivity contribution in [2.75, 3.05) is 7.11 Å². The number of aryl methyl sites for hydroxylation is 1. The highest BCUT2D eigenvalue weighted by Gasteiger charge is 2.36. The molecular weight excluding hydrogens is 220 g/mol. The largest absolute Gasteiger partial charge is 0.480 e. The third kappa shape index (κ3) is 1.35. The minimum atomic E-state index is -0.400. The maximum atomic E-state index is 11.8. The molecule has 0 atom stereocenters. The zero-order valence-corrected chi connectivity index (χ0v) is 9.50. The Morgan fingerprint density at radius 2 is 1.82 bits per heavy atom. The molecule has 2 amide bonds. The summed E-state index contributed by atoms with van der Waals surface area (Å²) in [6, 6.07) is 0. The lowest BCUT2D eigenvalue weighted by atomic mass is 9.90. The zero-order chi connectivity index (χ0) is 12.0. The smallest absolute Gasteiger partial charge is 0.264 e. The minimum absolute atomic E-state index is 0.268. The van der Waals surface area contributed by atoms with Gasteiger partial charge in [-0.15, -0.1) is 0 Å². The molecule has 0 saturated carbocycles. The number of rotatable bonds is 1. The molecule has 0 bridgehead atoms. The van der Waals surface area contributed by atoms with Crippen molar-refractivity contribution >= 4 is 11.8 Å². The van der Waals surface area contributed by atoms with Gasteiger partial charge in [0, 0.05) is 5.69 Å². The van der Waals surface area contributed by atoms with Crippen LogP contribution in [0.2, 0.25) is 0 Å². The van der Waals surface area contributed by atoms with Crippen molar-refractivity contribution in [3.63, 3.8) is 0 Å². The molecule has 1 aliphatic heterocycles. The van der Waals surface area contributed by atoms with Crippen molar-refractivity contribution in [3.05, 3.63) is 22.4 Å². The van der Waals surface area contributed by atoms with E-state index in [4.69, 9.17) is 4.74 Å². The van der Waals surface area contributed by atoms with Crippen molar-refractivity contribution in [2.45, 2.75) is 25.7 Å². The number of fused-ring (bicyclic) bond motifs is 3. The summed E-state index contributed by atoms with van der Waals surface area (Å²) in [7, 11) is 1.47. The number of hydrogen-bond donors (Lipinski definition) is 1. The molecule has 0 spiro atoms. The second-order valence-electron chi connectivity index (χ2n) is 4.29. The van der Waals surface area contributed by atoms with Gasteiger partial charge in [0.05, 0.1) is 12.7 Å². The Hall–Kier alpha value is -1.91. The summed E-state index contributed by atoms with van der Waals surface area (Å²) in [6.45, 7) is 0. The molecule has 5 nitrogen and oxygen atoms in total. The van der Waals surface area contributed by atoms with Crippen LogP contribution in [0.15, 0.2) is 0 Å². The van der Waals surface area contributed by atoms with Gasteiger partial charge < -0.3 is 4.74 Å². The number of carbonyl (C=O) groups excluding carboxylic acids is 2. The lowest BCUT2D eigenvalue weighted by Crippen LogP contribution is -2.20. The standard InChI is InChI=1S/C12H12N2O3/c1-17-12-9-8(10(15)14-11(9)16)6-4-2-3-5-7(6)13-12/h2-5H2,1H3,(H,14,15,16). The first-order valence-corrected chi connectivity index (χ1v) is 5.67. The molecule has 3 rings (SSSR count). The maximum absolute atomic E-state index is 11.8. The number of pyridine rings is 1. The number of ether oxygens (including phenoxy) is 1. The number of nitrogens with zero attached hydrogens (tertiary/aromatic N) is 1. The summed E-state index contributed by atoms with van der Waals surface area (Å²) >= 11 is 0. The highest BCUT2D eigenvalue weighted by molar-refractivity contribution is 6.23. The number of aromatic nitrogens is 1. The lowest BCUT2D eigenvalue weighted by Gasteiger charge is -2.18. The SMILES string of the molecule is COc1nc2c(c3c1C(=O)NC3=O)CCCC2. The summed E-state index contributed by atoms with van der Waals surface area (Å²) in [6.07, 6.45) is 3.77. The Morgan fingerprint density at radius 3 is 2.59 bits per heavy atom. The first-order chi connectivity index (χ1) is 8.22. The van der Waals surface area contributed by atoms with Crippen LogP contribution in [-0.4, -0.2) is 23.9 Å². The van der Waals surface area contributed by atoms with E-state index in [1.54, 1.807) is 0 Å². The van der Waals surface area contributed by atoms with Crippen molar-refractivity contribution in [2.24, 2.45) is 0 Å².